The first-order valence-electron chi connectivity index (χ1n) is 7.88. The molecule has 0 amide bonds. The van der Waals surface area contributed by atoms with Gasteiger partial charge in [0.15, 0.2) is 0 Å². The number of hydrogen-bond donors (Lipinski definition) is 1. The van der Waals surface area contributed by atoms with Crippen LogP contribution < -0.4 is 5.32 Å². The fourth-order valence-corrected chi connectivity index (χ4v) is 3.11. The molecule has 0 saturated heterocycles. The van der Waals surface area contributed by atoms with Gasteiger partial charge in [0, 0.05) is 31.8 Å². The van der Waals surface area contributed by atoms with Crippen molar-refractivity contribution in [3.8, 4) is 0 Å². The highest BCUT2D eigenvalue weighted by atomic mass is 16.5. The van der Waals surface area contributed by atoms with Gasteiger partial charge in [-0.3, -0.25) is 4.68 Å². The quantitative estimate of drug-likeness (QED) is 0.756. The lowest BCUT2D eigenvalue weighted by atomic mass is 9.85. The third-order valence-electron chi connectivity index (χ3n) is 4.39. The molecule has 0 aliphatic rings. The monoisotopic (exact) mass is 281 g/mol. The molecule has 0 spiro atoms. The van der Waals surface area contributed by atoms with Crippen LogP contribution in [0.4, 0.5) is 0 Å². The molecule has 116 valence electrons. The highest BCUT2D eigenvalue weighted by molar-refractivity contribution is 5.12. The summed E-state index contributed by atoms with van der Waals surface area (Å²) in [4.78, 5) is 0. The topological polar surface area (TPSA) is 39.1 Å². The number of likely N-dealkylation sites (N-methyl/N-ethyl adjacent to an activating group) is 1. The van der Waals surface area contributed by atoms with Crippen LogP contribution in [0, 0.1) is 6.92 Å². The second-order valence-corrected chi connectivity index (χ2v) is 5.38. The minimum Gasteiger partial charge on any atom is -0.377 e. The molecular weight excluding hydrogens is 250 g/mol. The molecule has 1 N–H and O–H groups in total. The highest BCUT2D eigenvalue weighted by Crippen LogP contribution is 2.27. The Labute approximate surface area is 123 Å². The molecule has 0 bridgehead atoms. The van der Waals surface area contributed by atoms with Crippen molar-refractivity contribution in [2.24, 2.45) is 0 Å². The average Bonchev–Trinajstić information content (AvgIpc) is 2.81. The molecule has 1 unspecified atom stereocenters. The van der Waals surface area contributed by atoms with E-state index in [1.54, 1.807) is 0 Å². The molecule has 0 saturated carbocycles. The maximum Gasteiger partial charge on any atom is 0.0829 e. The molecule has 0 radical (unpaired) electrons. The van der Waals surface area contributed by atoms with Crippen LogP contribution in [0.15, 0.2) is 6.07 Å². The third kappa shape index (κ3) is 3.61. The minimum absolute atomic E-state index is 0.104. The van der Waals surface area contributed by atoms with Gasteiger partial charge in [-0.15, -0.1) is 0 Å². The summed E-state index contributed by atoms with van der Waals surface area (Å²) in [6.07, 6.45) is 2.98. The number of rotatable bonds is 9. The maximum absolute atomic E-state index is 5.91. The molecule has 0 fully saturated rings. The van der Waals surface area contributed by atoms with Gasteiger partial charge in [-0.2, -0.15) is 5.10 Å². The van der Waals surface area contributed by atoms with Gasteiger partial charge in [0.05, 0.1) is 11.3 Å². The van der Waals surface area contributed by atoms with E-state index in [1.165, 1.54) is 5.69 Å². The van der Waals surface area contributed by atoms with Crippen molar-refractivity contribution >= 4 is 0 Å². The SMILES string of the molecule is CCNC(Cc1cc(C)nn1CC)C(CC)(CC)OC. The first-order chi connectivity index (χ1) is 9.56. The molecular formula is C16H31N3O. The molecule has 1 heterocycles. The van der Waals surface area contributed by atoms with Gasteiger partial charge in [0.1, 0.15) is 0 Å². The largest absolute Gasteiger partial charge is 0.377 e. The van der Waals surface area contributed by atoms with E-state index in [1.807, 2.05) is 7.11 Å². The van der Waals surface area contributed by atoms with Crippen LogP contribution in [0.1, 0.15) is 51.9 Å². The fourth-order valence-electron chi connectivity index (χ4n) is 3.11. The lowest BCUT2D eigenvalue weighted by Crippen LogP contribution is -2.53. The molecule has 1 rings (SSSR count). The minimum atomic E-state index is -0.104. The number of nitrogens with one attached hydrogen (secondary N) is 1. The lowest BCUT2D eigenvalue weighted by Gasteiger charge is -2.39. The first-order valence-corrected chi connectivity index (χ1v) is 7.88. The molecule has 20 heavy (non-hydrogen) atoms. The summed E-state index contributed by atoms with van der Waals surface area (Å²) in [7, 11) is 1.83. The summed E-state index contributed by atoms with van der Waals surface area (Å²) in [5.41, 5.74) is 2.28. The van der Waals surface area contributed by atoms with Gasteiger partial charge in [0.25, 0.3) is 0 Å². The van der Waals surface area contributed by atoms with Gasteiger partial charge in [-0.25, -0.2) is 0 Å². The second-order valence-electron chi connectivity index (χ2n) is 5.38. The van der Waals surface area contributed by atoms with Gasteiger partial charge in [-0.05, 0) is 39.3 Å². The molecule has 4 heteroatoms. The smallest absolute Gasteiger partial charge is 0.0829 e. The molecule has 0 aromatic carbocycles. The maximum atomic E-state index is 5.91. The molecule has 1 aromatic heterocycles. The second kappa shape index (κ2) is 7.79. The van der Waals surface area contributed by atoms with Crippen molar-refractivity contribution in [3.05, 3.63) is 17.5 Å². The van der Waals surface area contributed by atoms with Crippen molar-refractivity contribution in [3.63, 3.8) is 0 Å². The van der Waals surface area contributed by atoms with Crippen LogP contribution >= 0.6 is 0 Å². The number of nitrogens with zero attached hydrogens (tertiary/aromatic N) is 2. The number of hydrogen-bond acceptors (Lipinski definition) is 3. The Morgan fingerprint density at radius 3 is 2.40 bits per heavy atom. The van der Waals surface area contributed by atoms with E-state index in [2.05, 4.69) is 55.8 Å². The normalized spacial score (nSPS) is 13.7. The van der Waals surface area contributed by atoms with Crippen LogP contribution in [0.2, 0.25) is 0 Å². The van der Waals surface area contributed by atoms with Crippen LogP contribution in [0.3, 0.4) is 0 Å². The number of ether oxygens (including phenoxy) is 1. The predicted molar refractivity (Wildman–Crippen MR) is 84.1 cm³/mol. The number of methoxy groups -OCH3 is 1. The Balaban J connectivity index is 3.01. The van der Waals surface area contributed by atoms with E-state index in [4.69, 9.17) is 4.74 Å². The zero-order valence-corrected chi connectivity index (χ0v) is 14.0. The molecule has 0 aliphatic carbocycles. The van der Waals surface area contributed by atoms with Crippen molar-refractivity contribution in [2.45, 2.75) is 72.1 Å². The van der Waals surface area contributed by atoms with Crippen LogP contribution in [-0.2, 0) is 17.7 Å². The summed E-state index contributed by atoms with van der Waals surface area (Å²) in [6.45, 7) is 12.6. The molecule has 0 aliphatic heterocycles. The van der Waals surface area contributed by atoms with E-state index in [9.17, 15) is 0 Å². The average molecular weight is 281 g/mol. The van der Waals surface area contributed by atoms with Crippen molar-refractivity contribution in [2.75, 3.05) is 13.7 Å². The van der Waals surface area contributed by atoms with Crippen LogP contribution in [-0.4, -0.2) is 35.1 Å². The third-order valence-corrected chi connectivity index (χ3v) is 4.39. The Bertz CT molecular complexity index is 388. The Morgan fingerprint density at radius 1 is 1.30 bits per heavy atom. The first kappa shape index (κ1) is 17.2. The van der Waals surface area contributed by atoms with Crippen molar-refractivity contribution in [1.29, 1.82) is 0 Å². The van der Waals surface area contributed by atoms with Gasteiger partial charge in [-0.1, -0.05) is 20.8 Å². The molecule has 1 aromatic rings. The molecule has 1 atom stereocenters. The standard InChI is InChI=1S/C16H31N3O/c1-7-16(8-2,20-6)15(17-9-3)12-14-11-13(5)18-19(14)10-4/h11,15,17H,7-10,12H2,1-6H3. The van der Waals surface area contributed by atoms with Crippen molar-refractivity contribution in [1.82, 2.24) is 15.1 Å². The lowest BCUT2D eigenvalue weighted by molar-refractivity contribution is -0.0472. The van der Waals surface area contributed by atoms with E-state index < -0.39 is 0 Å². The number of aromatic nitrogens is 2. The van der Waals surface area contributed by atoms with Gasteiger partial charge in [0.2, 0.25) is 0 Å². The van der Waals surface area contributed by atoms with Crippen molar-refractivity contribution < 1.29 is 4.74 Å². The number of aryl methyl sites for hydroxylation is 2. The summed E-state index contributed by atoms with van der Waals surface area (Å²) in [6, 6.07) is 2.51. The van der Waals surface area contributed by atoms with Gasteiger partial charge >= 0.3 is 0 Å². The summed E-state index contributed by atoms with van der Waals surface area (Å²) < 4.78 is 8.01. The Kier molecular flexibility index (Phi) is 6.69. The van der Waals surface area contributed by atoms with Crippen LogP contribution in [0.25, 0.3) is 0 Å². The molecule has 4 nitrogen and oxygen atoms in total. The Hall–Kier alpha value is -0.870. The van der Waals surface area contributed by atoms with E-state index in [-0.39, 0.29) is 5.60 Å². The van der Waals surface area contributed by atoms with Gasteiger partial charge < -0.3 is 10.1 Å². The summed E-state index contributed by atoms with van der Waals surface area (Å²) in [5, 5.41) is 8.17. The Morgan fingerprint density at radius 2 is 1.95 bits per heavy atom. The summed E-state index contributed by atoms with van der Waals surface area (Å²) in [5.74, 6) is 0. The van der Waals surface area contributed by atoms with E-state index in [0.29, 0.717) is 6.04 Å². The zero-order chi connectivity index (χ0) is 15.2. The fraction of sp³-hybridized carbons (Fsp3) is 0.812. The zero-order valence-electron chi connectivity index (χ0n) is 14.0. The van der Waals surface area contributed by atoms with E-state index in [0.717, 1.165) is 38.0 Å². The highest BCUT2D eigenvalue weighted by Gasteiger charge is 2.35. The summed E-state index contributed by atoms with van der Waals surface area (Å²) >= 11 is 0. The van der Waals surface area contributed by atoms with Crippen LogP contribution in [0.5, 0.6) is 0 Å². The predicted octanol–water partition coefficient (Wildman–Crippen LogP) is 2.94. The van der Waals surface area contributed by atoms with E-state index >= 15 is 0 Å².